The summed E-state index contributed by atoms with van der Waals surface area (Å²) < 4.78 is 0. The first kappa shape index (κ1) is 14.8. The number of likely N-dealkylation sites (N-methyl/N-ethyl adjacent to an activating group) is 1. The Morgan fingerprint density at radius 1 is 1.16 bits per heavy atom. The molecule has 4 nitrogen and oxygen atoms in total. The van der Waals surface area contributed by atoms with E-state index in [0.717, 1.165) is 44.9 Å². The molecule has 0 spiro atoms. The van der Waals surface area contributed by atoms with Crippen LogP contribution in [0.4, 0.5) is 0 Å². The third kappa shape index (κ3) is 3.11. The van der Waals surface area contributed by atoms with Gasteiger partial charge in [-0.05, 0) is 31.6 Å². The van der Waals surface area contributed by atoms with Gasteiger partial charge in [0.1, 0.15) is 0 Å². The molecule has 0 aromatic rings. The molecule has 0 aliphatic heterocycles. The number of nitrogens with two attached hydrogens (primary N) is 1. The molecule has 0 saturated heterocycles. The third-order valence-corrected chi connectivity index (χ3v) is 5.22. The van der Waals surface area contributed by atoms with Gasteiger partial charge in [0.25, 0.3) is 0 Å². The number of carbonyl (C=O) groups excluding carboxylic acids is 1. The summed E-state index contributed by atoms with van der Waals surface area (Å²) in [5.41, 5.74) is 6.09. The van der Waals surface area contributed by atoms with E-state index in [1.807, 2.05) is 11.9 Å². The summed E-state index contributed by atoms with van der Waals surface area (Å²) in [6.45, 7) is 2.09. The van der Waals surface area contributed by atoms with Gasteiger partial charge in [-0.1, -0.05) is 26.2 Å². The van der Waals surface area contributed by atoms with Crippen molar-refractivity contribution in [2.75, 3.05) is 7.05 Å². The van der Waals surface area contributed by atoms with Crippen LogP contribution in [0.3, 0.4) is 0 Å². The lowest BCUT2D eigenvalue weighted by molar-refractivity contribution is -0.142. The zero-order valence-corrected chi connectivity index (χ0v) is 12.2. The highest BCUT2D eigenvalue weighted by Crippen LogP contribution is 2.32. The van der Waals surface area contributed by atoms with Crippen LogP contribution in [0.2, 0.25) is 0 Å². The summed E-state index contributed by atoms with van der Waals surface area (Å²) in [6, 6.07) is 0.152. The van der Waals surface area contributed by atoms with E-state index in [4.69, 9.17) is 5.73 Å². The van der Waals surface area contributed by atoms with Crippen LogP contribution in [0, 0.1) is 11.8 Å². The van der Waals surface area contributed by atoms with Gasteiger partial charge in [0, 0.05) is 19.0 Å². The van der Waals surface area contributed by atoms with E-state index in [0.29, 0.717) is 0 Å². The van der Waals surface area contributed by atoms with Gasteiger partial charge >= 0.3 is 0 Å². The van der Waals surface area contributed by atoms with Crippen molar-refractivity contribution in [2.45, 2.75) is 70.1 Å². The molecule has 5 atom stereocenters. The van der Waals surface area contributed by atoms with Crippen molar-refractivity contribution in [3.63, 3.8) is 0 Å². The second-order valence-corrected chi connectivity index (χ2v) is 6.43. The molecule has 19 heavy (non-hydrogen) atoms. The fourth-order valence-corrected chi connectivity index (χ4v) is 3.71. The fourth-order valence-electron chi connectivity index (χ4n) is 3.71. The molecule has 5 unspecified atom stereocenters. The minimum absolute atomic E-state index is 0.00611. The maximum Gasteiger partial charge on any atom is 0.226 e. The molecule has 0 heterocycles. The lowest BCUT2D eigenvalue weighted by Gasteiger charge is -2.40. The van der Waals surface area contributed by atoms with E-state index in [9.17, 15) is 9.90 Å². The molecule has 0 radical (unpaired) electrons. The van der Waals surface area contributed by atoms with Gasteiger partial charge in [0.2, 0.25) is 5.91 Å². The number of aliphatic hydroxyl groups is 1. The van der Waals surface area contributed by atoms with Crippen LogP contribution < -0.4 is 5.73 Å². The standard InChI is InChI=1S/C15H28N2O2/c1-10-11(6-5-7-12(10)16)15(19)17(2)13-8-3-4-9-14(13)18/h10-14,18H,3-9,16H2,1-2H3. The fraction of sp³-hybridized carbons (Fsp3) is 0.933. The first-order chi connectivity index (χ1) is 9.02. The third-order valence-electron chi connectivity index (χ3n) is 5.22. The molecule has 2 aliphatic carbocycles. The zero-order valence-electron chi connectivity index (χ0n) is 12.2. The summed E-state index contributed by atoms with van der Waals surface area (Å²) >= 11 is 0. The Bertz CT molecular complexity index is 321. The van der Waals surface area contributed by atoms with E-state index in [1.165, 1.54) is 0 Å². The van der Waals surface area contributed by atoms with Crippen LogP contribution in [0.5, 0.6) is 0 Å². The maximum absolute atomic E-state index is 12.7. The van der Waals surface area contributed by atoms with Gasteiger partial charge in [-0.3, -0.25) is 4.79 Å². The van der Waals surface area contributed by atoms with Crippen molar-refractivity contribution in [2.24, 2.45) is 17.6 Å². The van der Waals surface area contributed by atoms with Crippen LogP contribution in [-0.4, -0.2) is 41.1 Å². The summed E-state index contributed by atoms with van der Waals surface area (Å²) in [5.74, 6) is 0.487. The number of amides is 1. The summed E-state index contributed by atoms with van der Waals surface area (Å²) in [7, 11) is 1.86. The summed E-state index contributed by atoms with van der Waals surface area (Å²) in [6.07, 6.45) is 6.60. The molecule has 0 bridgehead atoms. The number of aliphatic hydroxyl groups excluding tert-OH is 1. The number of nitrogens with zero attached hydrogens (tertiary/aromatic N) is 1. The van der Waals surface area contributed by atoms with Crippen LogP contribution in [0.15, 0.2) is 0 Å². The number of hydrogen-bond donors (Lipinski definition) is 2. The molecule has 0 aromatic carbocycles. The van der Waals surface area contributed by atoms with Crippen LogP contribution in [0.25, 0.3) is 0 Å². The highest BCUT2D eigenvalue weighted by atomic mass is 16.3. The normalized spacial score (nSPS) is 39.9. The highest BCUT2D eigenvalue weighted by molar-refractivity contribution is 5.79. The minimum Gasteiger partial charge on any atom is -0.391 e. The van der Waals surface area contributed by atoms with Gasteiger partial charge in [-0.2, -0.15) is 0 Å². The molecule has 4 heteroatoms. The van der Waals surface area contributed by atoms with Crippen LogP contribution in [-0.2, 0) is 4.79 Å². The van der Waals surface area contributed by atoms with E-state index < -0.39 is 0 Å². The van der Waals surface area contributed by atoms with Gasteiger partial charge in [0.15, 0.2) is 0 Å². The molecule has 2 saturated carbocycles. The predicted octanol–water partition coefficient (Wildman–Crippen LogP) is 1.51. The molecule has 3 N–H and O–H groups in total. The van der Waals surface area contributed by atoms with Crippen LogP contribution in [0.1, 0.15) is 51.9 Å². The van der Waals surface area contributed by atoms with Gasteiger partial charge in [0.05, 0.1) is 12.1 Å². The van der Waals surface area contributed by atoms with E-state index >= 15 is 0 Å². The molecule has 2 fully saturated rings. The summed E-state index contributed by atoms with van der Waals surface area (Å²) in [5, 5.41) is 10.1. The lowest BCUT2D eigenvalue weighted by atomic mass is 9.76. The van der Waals surface area contributed by atoms with Crippen molar-refractivity contribution in [1.29, 1.82) is 0 Å². The van der Waals surface area contributed by atoms with Crippen molar-refractivity contribution >= 4 is 5.91 Å². The lowest BCUT2D eigenvalue weighted by Crippen LogP contribution is -2.51. The Kier molecular flexibility index (Phi) is 4.85. The van der Waals surface area contributed by atoms with Crippen LogP contribution >= 0.6 is 0 Å². The van der Waals surface area contributed by atoms with Gasteiger partial charge < -0.3 is 15.7 Å². The Balaban J connectivity index is 2.01. The molecular formula is C15H28N2O2. The first-order valence-corrected chi connectivity index (χ1v) is 7.72. The van der Waals surface area contributed by atoms with E-state index in [2.05, 4.69) is 6.92 Å². The quantitative estimate of drug-likeness (QED) is 0.798. The van der Waals surface area contributed by atoms with Crippen molar-refractivity contribution in [3.8, 4) is 0 Å². The van der Waals surface area contributed by atoms with Gasteiger partial charge in [-0.25, -0.2) is 0 Å². The monoisotopic (exact) mass is 268 g/mol. The molecule has 1 amide bonds. The number of carbonyl (C=O) groups is 1. The maximum atomic E-state index is 12.7. The Hall–Kier alpha value is -0.610. The Labute approximate surface area is 116 Å². The average Bonchev–Trinajstić information content (AvgIpc) is 2.41. The van der Waals surface area contributed by atoms with E-state index in [1.54, 1.807) is 0 Å². The molecule has 110 valence electrons. The molecule has 2 aliphatic rings. The molecule has 2 rings (SSSR count). The topological polar surface area (TPSA) is 66.6 Å². The minimum atomic E-state index is -0.352. The van der Waals surface area contributed by atoms with Gasteiger partial charge in [-0.15, -0.1) is 0 Å². The first-order valence-electron chi connectivity index (χ1n) is 7.72. The van der Waals surface area contributed by atoms with E-state index in [-0.39, 0.29) is 35.9 Å². The average molecular weight is 268 g/mol. The zero-order chi connectivity index (χ0) is 14.0. The van der Waals surface area contributed by atoms with Crippen molar-refractivity contribution in [1.82, 2.24) is 4.90 Å². The number of hydrogen-bond acceptors (Lipinski definition) is 3. The van der Waals surface area contributed by atoms with Crippen molar-refractivity contribution < 1.29 is 9.90 Å². The summed E-state index contributed by atoms with van der Waals surface area (Å²) in [4.78, 5) is 14.5. The second-order valence-electron chi connectivity index (χ2n) is 6.43. The second kappa shape index (κ2) is 6.23. The Morgan fingerprint density at radius 2 is 1.84 bits per heavy atom. The molecular weight excluding hydrogens is 240 g/mol. The SMILES string of the molecule is CC1C(N)CCCC1C(=O)N(C)C1CCCCC1O. The Morgan fingerprint density at radius 3 is 2.53 bits per heavy atom. The predicted molar refractivity (Wildman–Crippen MR) is 75.5 cm³/mol. The smallest absolute Gasteiger partial charge is 0.226 e. The van der Waals surface area contributed by atoms with Crippen molar-refractivity contribution in [3.05, 3.63) is 0 Å². The largest absolute Gasteiger partial charge is 0.391 e. The number of rotatable bonds is 2. The highest BCUT2D eigenvalue weighted by Gasteiger charge is 2.37. The molecule has 0 aromatic heterocycles.